The van der Waals surface area contributed by atoms with Crippen molar-refractivity contribution in [2.75, 3.05) is 39.3 Å². The molecule has 260 valence electrons. The summed E-state index contributed by atoms with van der Waals surface area (Å²) in [5.41, 5.74) is 1.09. The van der Waals surface area contributed by atoms with Crippen LogP contribution in [-0.4, -0.2) is 124 Å². The van der Waals surface area contributed by atoms with E-state index in [2.05, 4.69) is 15.6 Å². The van der Waals surface area contributed by atoms with Crippen LogP contribution >= 0.6 is 0 Å². The summed E-state index contributed by atoms with van der Waals surface area (Å²) in [4.78, 5) is 85.9. The summed E-state index contributed by atoms with van der Waals surface area (Å²) in [7, 11) is 0. The molecule has 3 N–H and O–H groups in total. The van der Waals surface area contributed by atoms with Crippen LogP contribution in [0.1, 0.15) is 63.0 Å². The number of nitrogens with zero attached hydrogens (tertiary/aromatic N) is 4. The van der Waals surface area contributed by atoms with Crippen molar-refractivity contribution >= 4 is 46.6 Å². The van der Waals surface area contributed by atoms with Crippen LogP contribution in [-0.2, 0) is 23.9 Å². The van der Waals surface area contributed by atoms with E-state index in [0.29, 0.717) is 30.3 Å². The van der Waals surface area contributed by atoms with Crippen LogP contribution < -0.4 is 15.4 Å². The van der Waals surface area contributed by atoms with Gasteiger partial charge < -0.3 is 39.9 Å². The van der Waals surface area contributed by atoms with Gasteiger partial charge in [-0.25, -0.2) is 9.78 Å². The molecule has 15 nitrogen and oxygen atoms in total. The van der Waals surface area contributed by atoms with Gasteiger partial charge in [0.25, 0.3) is 11.8 Å². The van der Waals surface area contributed by atoms with E-state index in [-0.39, 0.29) is 62.1 Å². The molecule has 2 fully saturated rings. The maximum atomic E-state index is 13.6. The van der Waals surface area contributed by atoms with E-state index in [1.165, 1.54) is 20.8 Å². The molecule has 48 heavy (non-hydrogen) atoms. The smallest absolute Gasteiger partial charge is 0.409 e. The highest BCUT2D eigenvalue weighted by Crippen LogP contribution is 2.29. The molecule has 0 spiro atoms. The SMILES string of the molecule is CCOC(=O)N1CCN(C(=O)[C@H](CC(=O)O)NC(=O)c2cc(O[C@@H](C)C(=O)N3CCC[C@H]3C(=O)NC(C)C)c3ccc(C)cc3n2)CC1. The van der Waals surface area contributed by atoms with E-state index in [4.69, 9.17) is 9.47 Å². The predicted molar refractivity (Wildman–Crippen MR) is 173 cm³/mol. The van der Waals surface area contributed by atoms with Gasteiger partial charge in [-0.15, -0.1) is 0 Å². The average Bonchev–Trinajstić information content (AvgIpc) is 3.53. The number of carboxylic acids is 1. The first-order chi connectivity index (χ1) is 22.8. The normalized spacial score (nSPS) is 17.5. The fraction of sp³-hybridized carbons (Fsp3) is 0.545. The third kappa shape index (κ3) is 8.69. The zero-order valence-corrected chi connectivity index (χ0v) is 28.0. The topological polar surface area (TPSA) is 188 Å². The number of likely N-dealkylation sites (tertiary alicyclic amines) is 1. The van der Waals surface area contributed by atoms with Crippen LogP contribution in [0, 0.1) is 6.92 Å². The van der Waals surface area contributed by atoms with Crippen molar-refractivity contribution in [1.82, 2.24) is 30.3 Å². The summed E-state index contributed by atoms with van der Waals surface area (Å²) in [6, 6.07) is 4.58. The van der Waals surface area contributed by atoms with Crippen LogP contribution in [0.15, 0.2) is 24.3 Å². The Balaban J connectivity index is 1.54. The first-order valence-corrected chi connectivity index (χ1v) is 16.2. The number of nitrogens with one attached hydrogen (secondary N) is 2. The van der Waals surface area contributed by atoms with Gasteiger partial charge in [-0.05, 0) is 65.2 Å². The number of hydrogen-bond acceptors (Lipinski definition) is 9. The highest BCUT2D eigenvalue weighted by atomic mass is 16.6. The first kappa shape index (κ1) is 35.9. The summed E-state index contributed by atoms with van der Waals surface area (Å²) in [6.07, 6.45) is -0.978. The van der Waals surface area contributed by atoms with E-state index in [1.807, 2.05) is 26.8 Å². The molecule has 0 bridgehead atoms. The Labute approximate surface area is 278 Å². The van der Waals surface area contributed by atoms with Crippen LogP contribution in [0.25, 0.3) is 10.9 Å². The van der Waals surface area contributed by atoms with E-state index < -0.39 is 48.5 Å². The second kappa shape index (κ2) is 15.8. The number of fused-ring (bicyclic) bond motifs is 1. The van der Waals surface area contributed by atoms with E-state index >= 15 is 0 Å². The first-order valence-electron chi connectivity index (χ1n) is 16.2. The number of ether oxygens (including phenoxy) is 2. The van der Waals surface area contributed by atoms with Gasteiger partial charge in [-0.2, -0.15) is 0 Å². The Morgan fingerprint density at radius 1 is 0.958 bits per heavy atom. The lowest BCUT2D eigenvalue weighted by Gasteiger charge is -2.35. The molecule has 0 aliphatic carbocycles. The summed E-state index contributed by atoms with van der Waals surface area (Å²) in [5.74, 6) is -3.13. The molecule has 2 aliphatic rings. The minimum absolute atomic E-state index is 0.0770. The molecule has 0 saturated carbocycles. The van der Waals surface area contributed by atoms with Gasteiger partial charge in [-0.1, -0.05) is 6.07 Å². The number of aryl methyl sites for hydroxylation is 1. The van der Waals surface area contributed by atoms with Gasteiger partial charge in [-0.3, -0.25) is 24.0 Å². The molecule has 1 aromatic heterocycles. The van der Waals surface area contributed by atoms with Gasteiger partial charge in [0, 0.05) is 50.2 Å². The monoisotopic (exact) mass is 668 g/mol. The van der Waals surface area contributed by atoms with Gasteiger partial charge in [0.1, 0.15) is 23.5 Å². The molecule has 4 rings (SSSR count). The molecule has 5 amide bonds. The summed E-state index contributed by atoms with van der Waals surface area (Å²) >= 11 is 0. The molecule has 3 heterocycles. The van der Waals surface area contributed by atoms with Crippen molar-refractivity contribution in [3.8, 4) is 5.75 Å². The average molecular weight is 669 g/mol. The number of carbonyl (C=O) groups is 6. The summed E-state index contributed by atoms with van der Waals surface area (Å²) < 4.78 is 11.2. The molecule has 0 radical (unpaired) electrons. The minimum atomic E-state index is -1.41. The number of carbonyl (C=O) groups excluding carboxylic acids is 5. The number of aromatic nitrogens is 1. The number of pyridine rings is 1. The van der Waals surface area contributed by atoms with Gasteiger partial charge in [0.05, 0.1) is 18.5 Å². The fourth-order valence-electron chi connectivity index (χ4n) is 5.83. The van der Waals surface area contributed by atoms with E-state index in [9.17, 15) is 33.9 Å². The van der Waals surface area contributed by atoms with E-state index in [0.717, 1.165) is 5.56 Å². The van der Waals surface area contributed by atoms with Crippen molar-refractivity contribution in [2.45, 2.75) is 78.1 Å². The van der Waals surface area contributed by atoms with Crippen molar-refractivity contribution < 1.29 is 43.3 Å². The molecule has 2 saturated heterocycles. The summed E-state index contributed by atoms with van der Waals surface area (Å²) in [5, 5.41) is 15.5. The lowest BCUT2D eigenvalue weighted by Crippen LogP contribution is -2.56. The molecule has 2 aromatic rings. The third-order valence-electron chi connectivity index (χ3n) is 8.18. The number of piperazine rings is 1. The summed E-state index contributed by atoms with van der Waals surface area (Å²) in [6.45, 7) is 10.1. The van der Waals surface area contributed by atoms with Crippen LogP contribution in [0.5, 0.6) is 5.75 Å². The molecule has 1 aromatic carbocycles. The highest BCUT2D eigenvalue weighted by molar-refractivity contribution is 6.00. The zero-order valence-electron chi connectivity index (χ0n) is 28.0. The number of benzene rings is 1. The van der Waals surface area contributed by atoms with Crippen LogP contribution in [0.3, 0.4) is 0 Å². The number of rotatable bonds is 11. The van der Waals surface area contributed by atoms with Crippen LogP contribution in [0.2, 0.25) is 0 Å². The lowest BCUT2D eigenvalue weighted by atomic mass is 10.1. The maximum Gasteiger partial charge on any atom is 0.409 e. The second-order valence-electron chi connectivity index (χ2n) is 12.3. The Bertz CT molecular complexity index is 1560. The Kier molecular flexibility index (Phi) is 11.8. The number of aliphatic carboxylic acids is 1. The van der Waals surface area contributed by atoms with Gasteiger partial charge in [0.15, 0.2) is 6.10 Å². The zero-order chi connectivity index (χ0) is 35.1. The predicted octanol–water partition coefficient (Wildman–Crippen LogP) is 1.70. The highest BCUT2D eigenvalue weighted by Gasteiger charge is 2.37. The molecular weight excluding hydrogens is 624 g/mol. The maximum absolute atomic E-state index is 13.6. The number of hydrogen-bond donors (Lipinski definition) is 3. The lowest BCUT2D eigenvalue weighted by molar-refractivity contribution is -0.143. The quantitative estimate of drug-likeness (QED) is 0.318. The van der Waals surface area contributed by atoms with Crippen molar-refractivity contribution in [1.29, 1.82) is 0 Å². The van der Waals surface area contributed by atoms with Crippen molar-refractivity contribution in [2.24, 2.45) is 0 Å². The Morgan fingerprint density at radius 2 is 1.65 bits per heavy atom. The van der Waals surface area contributed by atoms with E-state index in [1.54, 1.807) is 26.0 Å². The standard InChI is InChI=1S/C33H44N6O9/c1-6-47-33(46)38-14-12-37(13-15-38)32(45)25(18-28(40)41)36-29(42)24-17-27(22-10-9-20(4)16-23(22)35-24)48-21(5)31(44)39-11-7-8-26(39)30(43)34-19(2)3/h9-10,16-17,19,21,25-26H,6-8,11-15,18H2,1-5H3,(H,34,43)(H,36,42)(H,40,41)/t21-,25-,26-/m0/s1. The molecule has 2 aliphatic heterocycles. The van der Waals surface area contributed by atoms with Crippen molar-refractivity contribution in [3.63, 3.8) is 0 Å². The molecule has 0 unspecified atom stereocenters. The molecule has 15 heteroatoms. The van der Waals surface area contributed by atoms with Gasteiger partial charge >= 0.3 is 12.1 Å². The largest absolute Gasteiger partial charge is 0.481 e. The van der Waals surface area contributed by atoms with Crippen molar-refractivity contribution in [3.05, 3.63) is 35.5 Å². The molecular formula is C33H44N6O9. The number of amides is 5. The second-order valence-corrected chi connectivity index (χ2v) is 12.3. The minimum Gasteiger partial charge on any atom is -0.481 e. The van der Waals surface area contributed by atoms with Gasteiger partial charge in [0.2, 0.25) is 11.8 Å². The van der Waals surface area contributed by atoms with Crippen LogP contribution in [0.4, 0.5) is 4.79 Å². The third-order valence-corrected chi connectivity index (χ3v) is 8.18. The Morgan fingerprint density at radius 3 is 2.29 bits per heavy atom. The molecule has 3 atom stereocenters. The Hall–Kier alpha value is -4.95. The number of carboxylic acid groups (broad SMARTS) is 1. The fourth-order valence-corrected chi connectivity index (χ4v) is 5.83.